The second kappa shape index (κ2) is 5.28. The number of rotatable bonds is 4. The first kappa shape index (κ1) is 11.4. The lowest BCUT2D eigenvalue weighted by molar-refractivity contribution is -0.122. The average molecular weight is 203 g/mol. The summed E-state index contributed by atoms with van der Waals surface area (Å²) in [6, 6.07) is 9.41. The van der Waals surface area contributed by atoms with E-state index in [9.17, 15) is 4.79 Å². The minimum atomic E-state index is -0.718. The third-order valence-electron chi connectivity index (χ3n) is 2.11. The van der Waals surface area contributed by atoms with Gasteiger partial charge in [0, 0.05) is 7.11 Å². The van der Waals surface area contributed by atoms with Crippen LogP contribution in [0.25, 0.3) is 0 Å². The lowest BCUT2D eigenvalue weighted by Gasteiger charge is -2.08. The van der Waals surface area contributed by atoms with E-state index in [0.29, 0.717) is 0 Å². The van der Waals surface area contributed by atoms with Crippen molar-refractivity contribution < 1.29 is 9.53 Å². The minimum Gasteiger partial charge on any atom is -0.377 e. The first-order valence-corrected chi connectivity index (χ1v) is 4.67. The van der Waals surface area contributed by atoms with Crippen LogP contribution in [-0.4, -0.2) is 19.5 Å². The molecule has 1 unspecified atom stereocenters. The van der Waals surface area contributed by atoms with Gasteiger partial charge in [0.05, 0.1) is 6.07 Å². The van der Waals surface area contributed by atoms with Crippen LogP contribution < -0.4 is 0 Å². The summed E-state index contributed by atoms with van der Waals surface area (Å²) in [5, 5.41) is 8.94. The third-order valence-corrected chi connectivity index (χ3v) is 2.11. The van der Waals surface area contributed by atoms with Crippen LogP contribution in [0.4, 0.5) is 0 Å². The number of aryl methyl sites for hydroxylation is 1. The van der Waals surface area contributed by atoms with Crippen LogP contribution >= 0.6 is 0 Å². The number of ketones is 1. The van der Waals surface area contributed by atoms with E-state index >= 15 is 0 Å². The number of nitrogens with zero attached hydrogens (tertiary/aromatic N) is 1. The second-order valence-electron chi connectivity index (χ2n) is 3.38. The maximum absolute atomic E-state index is 11.5. The maximum atomic E-state index is 11.5. The van der Waals surface area contributed by atoms with Crippen LogP contribution in [0, 0.1) is 18.3 Å². The number of benzene rings is 1. The highest BCUT2D eigenvalue weighted by Crippen LogP contribution is 2.17. The zero-order chi connectivity index (χ0) is 11.3. The summed E-state index contributed by atoms with van der Waals surface area (Å²) in [6.07, 6.45) is 0. The standard InChI is InChI=1S/C12H13NO2/c1-9-4-3-5-10(6-9)11(7-13)12(14)8-15-2/h3-6,11H,8H2,1-2H3. The molecule has 1 aromatic carbocycles. The summed E-state index contributed by atoms with van der Waals surface area (Å²) in [4.78, 5) is 11.5. The molecule has 0 radical (unpaired) electrons. The number of carbonyl (C=O) groups is 1. The van der Waals surface area contributed by atoms with Gasteiger partial charge >= 0.3 is 0 Å². The van der Waals surface area contributed by atoms with Gasteiger partial charge in [0.25, 0.3) is 0 Å². The van der Waals surface area contributed by atoms with E-state index in [1.165, 1.54) is 7.11 Å². The largest absolute Gasteiger partial charge is 0.377 e. The highest BCUT2D eigenvalue weighted by molar-refractivity contribution is 5.89. The van der Waals surface area contributed by atoms with Crippen LogP contribution in [0.15, 0.2) is 24.3 Å². The molecule has 0 aliphatic heterocycles. The Labute approximate surface area is 89.3 Å². The SMILES string of the molecule is COCC(=O)C(C#N)c1cccc(C)c1. The number of ether oxygens (including phenoxy) is 1. The van der Waals surface area contributed by atoms with Gasteiger partial charge in [-0.3, -0.25) is 4.79 Å². The van der Waals surface area contributed by atoms with Crippen LogP contribution in [0.5, 0.6) is 0 Å². The van der Waals surface area contributed by atoms with E-state index in [-0.39, 0.29) is 12.4 Å². The number of hydrogen-bond acceptors (Lipinski definition) is 3. The van der Waals surface area contributed by atoms with E-state index in [0.717, 1.165) is 11.1 Å². The number of Topliss-reactive ketones (excluding diaryl/α,β-unsaturated/α-hetero) is 1. The highest BCUT2D eigenvalue weighted by Gasteiger charge is 2.19. The zero-order valence-electron chi connectivity index (χ0n) is 8.86. The Bertz CT molecular complexity index is 393. The fourth-order valence-electron chi connectivity index (χ4n) is 1.41. The van der Waals surface area contributed by atoms with E-state index < -0.39 is 5.92 Å². The van der Waals surface area contributed by atoms with Crippen LogP contribution in [-0.2, 0) is 9.53 Å². The fourth-order valence-corrected chi connectivity index (χ4v) is 1.41. The Hall–Kier alpha value is -1.66. The van der Waals surface area contributed by atoms with Crippen LogP contribution in [0.2, 0.25) is 0 Å². The molecule has 1 aromatic rings. The topological polar surface area (TPSA) is 50.1 Å². The van der Waals surface area contributed by atoms with Gasteiger partial charge in [-0.15, -0.1) is 0 Å². The minimum absolute atomic E-state index is 0.0217. The predicted octanol–water partition coefficient (Wildman–Crippen LogP) is 1.82. The molecule has 78 valence electrons. The van der Waals surface area contributed by atoms with E-state index in [4.69, 9.17) is 10.00 Å². The quantitative estimate of drug-likeness (QED) is 0.750. The van der Waals surface area contributed by atoms with Crippen molar-refractivity contribution in [2.45, 2.75) is 12.8 Å². The molecule has 0 saturated heterocycles. The average Bonchev–Trinajstić information content (AvgIpc) is 2.19. The third kappa shape index (κ3) is 2.90. The summed E-state index contributed by atoms with van der Waals surface area (Å²) >= 11 is 0. The van der Waals surface area contributed by atoms with Crippen LogP contribution in [0.1, 0.15) is 17.0 Å². The van der Waals surface area contributed by atoms with Gasteiger partial charge in [-0.1, -0.05) is 29.8 Å². The molecule has 0 heterocycles. The van der Waals surface area contributed by atoms with Gasteiger partial charge < -0.3 is 4.74 Å². The Morgan fingerprint density at radius 2 is 2.33 bits per heavy atom. The lowest BCUT2D eigenvalue weighted by atomic mass is 9.95. The number of carbonyl (C=O) groups excluding carboxylic acids is 1. The van der Waals surface area contributed by atoms with Gasteiger partial charge in [-0.25, -0.2) is 0 Å². The predicted molar refractivity (Wildman–Crippen MR) is 56.4 cm³/mol. The smallest absolute Gasteiger partial charge is 0.179 e. The van der Waals surface area contributed by atoms with Crippen molar-refractivity contribution in [2.24, 2.45) is 0 Å². The molecule has 0 N–H and O–H groups in total. The fraction of sp³-hybridized carbons (Fsp3) is 0.333. The number of methoxy groups -OCH3 is 1. The van der Waals surface area contributed by atoms with Crippen molar-refractivity contribution in [3.05, 3.63) is 35.4 Å². The Balaban J connectivity index is 2.93. The zero-order valence-corrected chi connectivity index (χ0v) is 8.86. The Kier molecular flexibility index (Phi) is 4.02. The number of nitriles is 1. The molecule has 0 fully saturated rings. The molecule has 0 aliphatic carbocycles. The first-order chi connectivity index (χ1) is 7.19. The van der Waals surface area contributed by atoms with E-state index in [2.05, 4.69) is 0 Å². The van der Waals surface area contributed by atoms with E-state index in [1.54, 1.807) is 6.07 Å². The van der Waals surface area contributed by atoms with Crippen LogP contribution in [0.3, 0.4) is 0 Å². The van der Waals surface area contributed by atoms with Gasteiger partial charge in [0.1, 0.15) is 12.5 Å². The molecule has 3 heteroatoms. The van der Waals surface area contributed by atoms with Gasteiger partial charge in [-0.2, -0.15) is 5.26 Å². The maximum Gasteiger partial charge on any atom is 0.179 e. The second-order valence-corrected chi connectivity index (χ2v) is 3.38. The summed E-state index contributed by atoms with van der Waals surface area (Å²) in [6.45, 7) is 1.91. The van der Waals surface area contributed by atoms with Gasteiger partial charge in [0.15, 0.2) is 5.78 Å². The molecule has 0 aromatic heterocycles. The van der Waals surface area contributed by atoms with Crippen molar-refractivity contribution >= 4 is 5.78 Å². The molecule has 0 bridgehead atoms. The van der Waals surface area contributed by atoms with Crippen molar-refractivity contribution in [3.63, 3.8) is 0 Å². The molecule has 0 aliphatic rings. The van der Waals surface area contributed by atoms with Crippen molar-refractivity contribution in [2.75, 3.05) is 13.7 Å². The molecule has 0 amide bonds. The highest BCUT2D eigenvalue weighted by atomic mass is 16.5. The molecular weight excluding hydrogens is 190 g/mol. The monoisotopic (exact) mass is 203 g/mol. The first-order valence-electron chi connectivity index (χ1n) is 4.67. The van der Waals surface area contributed by atoms with Crippen molar-refractivity contribution in [1.29, 1.82) is 5.26 Å². The number of hydrogen-bond donors (Lipinski definition) is 0. The molecular formula is C12H13NO2. The summed E-state index contributed by atoms with van der Waals surface area (Å²) in [5.74, 6) is -0.921. The van der Waals surface area contributed by atoms with Gasteiger partial charge in [-0.05, 0) is 12.5 Å². The normalized spacial score (nSPS) is 11.8. The summed E-state index contributed by atoms with van der Waals surface area (Å²) < 4.78 is 4.74. The Morgan fingerprint density at radius 1 is 1.60 bits per heavy atom. The van der Waals surface area contributed by atoms with E-state index in [1.807, 2.05) is 31.2 Å². The molecule has 15 heavy (non-hydrogen) atoms. The molecule has 0 spiro atoms. The van der Waals surface area contributed by atoms with Crippen molar-refractivity contribution in [1.82, 2.24) is 0 Å². The van der Waals surface area contributed by atoms with Crippen molar-refractivity contribution in [3.8, 4) is 6.07 Å². The molecule has 1 atom stereocenters. The van der Waals surface area contributed by atoms with Gasteiger partial charge in [0.2, 0.25) is 0 Å². The lowest BCUT2D eigenvalue weighted by Crippen LogP contribution is -2.16. The summed E-state index contributed by atoms with van der Waals surface area (Å²) in [5.41, 5.74) is 1.78. The summed E-state index contributed by atoms with van der Waals surface area (Å²) in [7, 11) is 1.45. The molecule has 0 saturated carbocycles. The molecule has 3 nitrogen and oxygen atoms in total. The Morgan fingerprint density at radius 3 is 2.87 bits per heavy atom. The molecule has 1 rings (SSSR count).